The zero-order chi connectivity index (χ0) is 12.1. The van der Waals surface area contributed by atoms with Gasteiger partial charge >= 0.3 is 0 Å². The topological polar surface area (TPSA) is 20.2 Å². The van der Waals surface area contributed by atoms with E-state index in [0.29, 0.717) is 0 Å². The monoisotopic (exact) mass is 302 g/mol. The van der Waals surface area contributed by atoms with E-state index in [1.807, 2.05) is 17.8 Å². The van der Waals surface area contributed by atoms with Crippen LogP contribution in [0.2, 0.25) is 0 Å². The first-order valence-corrected chi connectivity index (χ1v) is 7.39. The standard InChI is InChI=1S/C13H19BrOS/c1-9(2)6-7-16-11-4-5-12(10(3)15)13(14)8-11/h4-5,8-10,15H,6-7H2,1-3H3/t10-/m0/s1. The van der Waals surface area contributed by atoms with Gasteiger partial charge in [0.25, 0.3) is 0 Å². The van der Waals surface area contributed by atoms with Crippen LogP contribution < -0.4 is 0 Å². The number of halogens is 1. The Labute approximate surface area is 111 Å². The lowest BCUT2D eigenvalue weighted by Crippen LogP contribution is -1.93. The van der Waals surface area contributed by atoms with E-state index in [1.165, 1.54) is 11.3 Å². The fourth-order valence-corrected chi connectivity index (χ4v) is 3.40. The SMILES string of the molecule is CC(C)CCSc1ccc([C@H](C)O)c(Br)c1. The molecule has 0 spiro atoms. The van der Waals surface area contributed by atoms with E-state index in [0.717, 1.165) is 21.7 Å². The molecule has 16 heavy (non-hydrogen) atoms. The second-order valence-corrected chi connectivity index (χ2v) is 6.41. The normalized spacial score (nSPS) is 13.1. The zero-order valence-electron chi connectivity index (χ0n) is 10.0. The van der Waals surface area contributed by atoms with Gasteiger partial charge in [-0.3, -0.25) is 0 Å². The Morgan fingerprint density at radius 3 is 2.50 bits per heavy atom. The lowest BCUT2D eigenvalue weighted by atomic mass is 10.1. The van der Waals surface area contributed by atoms with Crippen molar-refractivity contribution in [3.8, 4) is 0 Å². The predicted octanol–water partition coefficient (Wildman–Crippen LogP) is 4.64. The van der Waals surface area contributed by atoms with E-state index in [2.05, 4.69) is 41.9 Å². The average Bonchev–Trinajstić information content (AvgIpc) is 2.16. The van der Waals surface area contributed by atoms with Crippen LogP contribution in [0.3, 0.4) is 0 Å². The third-order valence-corrected chi connectivity index (χ3v) is 4.10. The molecule has 0 bridgehead atoms. The number of benzene rings is 1. The minimum atomic E-state index is -0.413. The fraction of sp³-hybridized carbons (Fsp3) is 0.538. The first kappa shape index (κ1) is 14.1. The number of hydrogen-bond donors (Lipinski definition) is 1. The van der Waals surface area contributed by atoms with Gasteiger partial charge in [0.1, 0.15) is 0 Å². The molecule has 1 nitrogen and oxygen atoms in total. The summed E-state index contributed by atoms with van der Waals surface area (Å²) in [5.41, 5.74) is 0.952. The van der Waals surface area contributed by atoms with E-state index in [1.54, 1.807) is 6.92 Å². The van der Waals surface area contributed by atoms with Crippen LogP contribution in [0, 0.1) is 5.92 Å². The molecule has 0 aliphatic rings. The third-order valence-electron chi connectivity index (χ3n) is 2.39. The number of aliphatic hydroxyl groups is 1. The summed E-state index contributed by atoms with van der Waals surface area (Å²) < 4.78 is 0.997. The van der Waals surface area contributed by atoms with Crippen LogP contribution in [0.1, 0.15) is 38.9 Å². The fourth-order valence-electron chi connectivity index (χ4n) is 1.35. The molecule has 90 valence electrons. The van der Waals surface area contributed by atoms with Gasteiger partial charge in [-0.2, -0.15) is 0 Å². The van der Waals surface area contributed by atoms with Crippen molar-refractivity contribution in [1.82, 2.24) is 0 Å². The number of thioether (sulfide) groups is 1. The number of hydrogen-bond acceptors (Lipinski definition) is 2. The van der Waals surface area contributed by atoms with E-state index in [9.17, 15) is 5.11 Å². The molecule has 0 amide bonds. The van der Waals surface area contributed by atoms with Crippen LogP contribution in [0.4, 0.5) is 0 Å². The second-order valence-electron chi connectivity index (χ2n) is 4.39. The summed E-state index contributed by atoms with van der Waals surface area (Å²) in [5, 5.41) is 9.51. The smallest absolute Gasteiger partial charge is 0.0772 e. The van der Waals surface area contributed by atoms with Crippen LogP contribution in [0.15, 0.2) is 27.6 Å². The Bertz CT molecular complexity index is 337. The summed E-state index contributed by atoms with van der Waals surface area (Å²) in [5.74, 6) is 1.91. The summed E-state index contributed by atoms with van der Waals surface area (Å²) >= 11 is 5.37. The van der Waals surface area contributed by atoms with E-state index < -0.39 is 6.10 Å². The molecule has 1 rings (SSSR count). The Balaban J connectivity index is 2.59. The Kier molecular flexibility index (Phi) is 5.87. The van der Waals surface area contributed by atoms with Crippen molar-refractivity contribution in [3.05, 3.63) is 28.2 Å². The molecule has 0 saturated carbocycles. The molecule has 0 aliphatic heterocycles. The quantitative estimate of drug-likeness (QED) is 0.800. The molecule has 0 saturated heterocycles. The minimum Gasteiger partial charge on any atom is -0.389 e. The first-order chi connectivity index (χ1) is 7.50. The zero-order valence-corrected chi connectivity index (χ0v) is 12.4. The van der Waals surface area contributed by atoms with Crippen molar-refractivity contribution in [1.29, 1.82) is 0 Å². The minimum absolute atomic E-state index is 0.413. The van der Waals surface area contributed by atoms with Crippen LogP contribution in [-0.2, 0) is 0 Å². The van der Waals surface area contributed by atoms with Crippen molar-refractivity contribution >= 4 is 27.7 Å². The van der Waals surface area contributed by atoms with Gasteiger partial charge < -0.3 is 5.11 Å². The van der Waals surface area contributed by atoms with Gasteiger partial charge in [0.2, 0.25) is 0 Å². The summed E-state index contributed by atoms with van der Waals surface area (Å²) in [6, 6.07) is 6.16. The largest absolute Gasteiger partial charge is 0.389 e. The van der Waals surface area contributed by atoms with Gasteiger partial charge in [-0.05, 0) is 42.7 Å². The molecule has 0 unspecified atom stereocenters. The van der Waals surface area contributed by atoms with Gasteiger partial charge in [0.05, 0.1) is 6.10 Å². The van der Waals surface area contributed by atoms with E-state index in [4.69, 9.17) is 0 Å². The van der Waals surface area contributed by atoms with Gasteiger partial charge in [-0.15, -0.1) is 11.8 Å². The maximum Gasteiger partial charge on any atom is 0.0772 e. The Hall–Kier alpha value is 0.01000. The highest BCUT2D eigenvalue weighted by molar-refractivity contribution is 9.10. The van der Waals surface area contributed by atoms with Gasteiger partial charge in [-0.1, -0.05) is 35.8 Å². The maximum atomic E-state index is 9.51. The van der Waals surface area contributed by atoms with Crippen LogP contribution in [0.5, 0.6) is 0 Å². The molecule has 0 fully saturated rings. The molecule has 0 heterocycles. The number of rotatable bonds is 5. The van der Waals surface area contributed by atoms with Gasteiger partial charge in [-0.25, -0.2) is 0 Å². The molecular formula is C13H19BrOS. The average molecular weight is 303 g/mol. The van der Waals surface area contributed by atoms with Crippen molar-refractivity contribution < 1.29 is 5.11 Å². The lowest BCUT2D eigenvalue weighted by Gasteiger charge is -2.10. The molecule has 1 aromatic carbocycles. The van der Waals surface area contributed by atoms with Crippen LogP contribution in [-0.4, -0.2) is 10.9 Å². The van der Waals surface area contributed by atoms with E-state index in [-0.39, 0.29) is 0 Å². The highest BCUT2D eigenvalue weighted by atomic mass is 79.9. The highest BCUT2D eigenvalue weighted by Crippen LogP contribution is 2.29. The molecule has 1 atom stereocenters. The van der Waals surface area contributed by atoms with Crippen molar-refractivity contribution in [2.45, 2.75) is 38.2 Å². The van der Waals surface area contributed by atoms with Crippen molar-refractivity contribution in [2.24, 2.45) is 5.92 Å². The maximum absolute atomic E-state index is 9.51. The number of aliphatic hydroxyl groups excluding tert-OH is 1. The van der Waals surface area contributed by atoms with Crippen molar-refractivity contribution in [2.75, 3.05) is 5.75 Å². The molecular weight excluding hydrogens is 284 g/mol. The predicted molar refractivity (Wildman–Crippen MR) is 75.0 cm³/mol. The van der Waals surface area contributed by atoms with Crippen LogP contribution >= 0.6 is 27.7 Å². The Morgan fingerprint density at radius 2 is 2.00 bits per heavy atom. The molecule has 1 N–H and O–H groups in total. The summed E-state index contributed by atoms with van der Waals surface area (Å²) in [6.07, 6.45) is 0.824. The Morgan fingerprint density at radius 1 is 1.31 bits per heavy atom. The van der Waals surface area contributed by atoms with E-state index >= 15 is 0 Å². The summed E-state index contributed by atoms with van der Waals surface area (Å²) in [4.78, 5) is 1.26. The lowest BCUT2D eigenvalue weighted by molar-refractivity contribution is 0.198. The second kappa shape index (κ2) is 6.67. The first-order valence-electron chi connectivity index (χ1n) is 5.61. The summed E-state index contributed by atoms with van der Waals surface area (Å²) in [6.45, 7) is 6.27. The molecule has 0 aliphatic carbocycles. The highest BCUT2D eigenvalue weighted by Gasteiger charge is 2.06. The summed E-state index contributed by atoms with van der Waals surface area (Å²) in [7, 11) is 0. The van der Waals surface area contributed by atoms with Crippen LogP contribution in [0.25, 0.3) is 0 Å². The van der Waals surface area contributed by atoms with Gasteiger partial charge in [0, 0.05) is 9.37 Å². The third kappa shape index (κ3) is 4.48. The molecule has 3 heteroatoms. The molecule has 1 aromatic rings. The molecule has 0 aromatic heterocycles. The van der Waals surface area contributed by atoms with Gasteiger partial charge in [0.15, 0.2) is 0 Å². The van der Waals surface area contributed by atoms with Crippen molar-refractivity contribution in [3.63, 3.8) is 0 Å². The molecule has 0 radical (unpaired) electrons.